The van der Waals surface area contributed by atoms with E-state index in [4.69, 9.17) is 5.73 Å². The number of hydrogen-bond acceptors (Lipinski definition) is 3. The van der Waals surface area contributed by atoms with Crippen molar-refractivity contribution in [2.75, 3.05) is 16.6 Å². The fraction of sp³-hybridized carbons (Fsp3) is 0.571. The topological polar surface area (TPSA) is 63.4 Å². The summed E-state index contributed by atoms with van der Waals surface area (Å²) in [6, 6.07) is 15.9. The van der Waals surface area contributed by atoms with Gasteiger partial charge in [0.25, 0.3) is 10.0 Å². The number of nitrogens with zero attached hydrogens (tertiary/aromatic N) is 1. The van der Waals surface area contributed by atoms with E-state index in [0.29, 0.717) is 17.9 Å². The molecule has 0 aliphatic heterocycles. The van der Waals surface area contributed by atoms with Crippen LogP contribution in [0.5, 0.6) is 0 Å². The summed E-state index contributed by atoms with van der Waals surface area (Å²) in [4.78, 5) is 0.247. The Balaban J connectivity index is 1.70. The molecule has 4 nitrogen and oxygen atoms in total. The van der Waals surface area contributed by atoms with Gasteiger partial charge in [0.1, 0.15) is 0 Å². The van der Waals surface area contributed by atoms with Gasteiger partial charge in [-0.2, -0.15) is 0 Å². The summed E-state index contributed by atoms with van der Waals surface area (Å²) in [5, 5.41) is 0. The molecule has 0 unspecified atom stereocenters. The van der Waals surface area contributed by atoms with E-state index in [0.717, 1.165) is 19.3 Å². The van der Waals surface area contributed by atoms with Crippen LogP contribution in [-0.2, 0) is 10.0 Å². The molecule has 0 aromatic heterocycles. The van der Waals surface area contributed by atoms with Gasteiger partial charge in [0.2, 0.25) is 0 Å². The van der Waals surface area contributed by atoms with Crippen molar-refractivity contribution in [2.45, 2.75) is 102 Å². The normalized spacial score (nSPS) is 11.5. The van der Waals surface area contributed by atoms with Crippen LogP contribution < -0.4 is 10.0 Å². The molecule has 0 atom stereocenters. The average Bonchev–Trinajstić information content (AvgIpc) is 2.82. The minimum absolute atomic E-state index is 0.247. The summed E-state index contributed by atoms with van der Waals surface area (Å²) in [5.74, 6) is 0. The highest BCUT2D eigenvalue weighted by atomic mass is 32.2. The molecule has 2 N–H and O–H groups in total. The smallest absolute Gasteiger partial charge is 0.264 e. The molecular weight excluding hydrogens is 428 g/mol. The van der Waals surface area contributed by atoms with Crippen molar-refractivity contribution >= 4 is 21.4 Å². The summed E-state index contributed by atoms with van der Waals surface area (Å²) < 4.78 is 28.2. The van der Waals surface area contributed by atoms with Gasteiger partial charge in [0, 0.05) is 12.2 Å². The van der Waals surface area contributed by atoms with Gasteiger partial charge in [0.15, 0.2) is 0 Å². The minimum atomic E-state index is -3.64. The summed E-state index contributed by atoms with van der Waals surface area (Å²) in [6.07, 6.45) is 18.0. The number of benzene rings is 2. The lowest BCUT2D eigenvalue weighted by Gasteiger charge is -2.24. The number of rotatable bonds is 18. The summed E-state index contributed by atoms with van der Waals surface area (Å²) in [5.41, 5.74) is 7.00. The molecule has 0 spiro atoms. The highest BCUT2D eigenvalue weighted by Crippen LogP contribution is 2.25. The first-order valence-corrected chi connectivity index (χ1v) is 14.4. The zero-order valence-electron chi connectivity index (χ0n) is 20.6. The second-order valence-electron chi connectivity index (χ2n) is 9.08. The molecular formula is C28H44N2O2S. The number of nitrogen functional groups attached to an aromatic ring is 1. The number of sulfonamides is 1. The first kappa shape index (κ1) is 27.2. The van der Waals surface area contributed by atoms with Gasteiger partial charge in [-0.3, -0.25) is 4.31 Å². The molecule has 0 heterocycles. The fourth-order valence-corrected chi connectivity index (χ4v) is 5.79. The van der Waals surface area contributed by atoms with Crippen LogP contribution in [0.3, 0.4) is 0 Å². The van der Waals surface area contributed by atoms with Crippen molar-refractivity contribution in [1.29, 1.82) is 0 Å². The van der Waals surface area contributed by atoms with E-state index in [1.807, 2.05) is 30.3 Å². The van der Waals surface area contributed by atoms with Crippen molar-refractivity contribution in [3.63, 3.8) is 0 Å². The standard InChI is InChI=1S/C28H44N2O2S/c1-2-3-4-5-6-7-8-9-10-11-12-13-14-18-24-30(27-21-16-15-17-22-27)33(31,32)28-23-19-20-26(29)25-28/h15-17,19-23,25H,2-14,18,24,29H2,1H3. The third kappa shape index (κ3) is 10.2. The van der Waals surface area contributed by atoms with Crippen molar-refractivity contribution in [1.82, 2.24) is 0 Å². The van der Waals surface area contributed by atoms with Crippen LogP contribution in [0.25, 0.3) is 0 Å². The average molecular weight is 473 g/mol. The molecule has 2 aromatic carbocycles. The van der Waals surface area contributed by atoms with Crippen LogP contribution in [0, 0.1) is 0 Å². The number of para-hydroxylation sites is 1. The molecule has 0 saturated carbocycles. The third-order valence-corrected chi connectivity index (χ3v) is 8.03. The maximum absolute atomic E-state index is 13.3. The van der Waals surface area contributed by atoms with E-state index in [-0.39, 0.29) is 4.90 Å². The molecule has 33 heavy (non-hydrogen) atoms. The molecule has 2 rings (SSSR count). The maximum atomic E-state index is 13.3. The molecule has 5 heteroatoms. The zero-order chi connectivity index (χ0) is 23.8. The quantitative estimate of drug-likeness (QED) is 0.177. The largest absolute Gasteiger partial charge is 0.399 e. The summed E-state index contributed by atoms with van der Waals surface area (Å²) >= 11 is 0. The predicted molar refractivity (Wildman–Crippen MR) is 142 cm³/mol. The molecule has 0 aliphatic rings. The first-order valence-electron chi connectivity index (χ1n) is 13.0. The lowest BCUT2D eigenvalue weighted by atomic mass is 10.0. The van der Waals surface area contributed by atoms with E-state index in [9.17, 15) is 8.42 Å². The van der Waals surface area contributed by atoms with Gasteiger partial charge < -0.3 is 5.73 Å². The SMILES string of the molecule is CCCCCCCCCCCCCCCCN(c1ccccc1)S(=O)(=O)c1cccc(N)c1. The Morgan fingerprint density at radius 1 is 0.667 bits per heavy atom. The Labute approximate surface area is 202 Å². The Morgan fingerprint density at radius 3 is 1.70 bits per heavy atom. The highest BCUT2D eigenvalue weighted by molar-refractivity contribution is 7.92. The molecule has 0 amide bonds. The minimum Gasteiger partial charge on any atom is -0.399 e. The van der Waals surface area contributed by atoms with Gasteiger partial charge in [-0.1, -0.05) is 115 Å². The molecule has 0 fully saturated rings. The van der Waals surface area contributed by atoms with Crippen molar-refractivity contribution in [3.05, 3.63) is 54.6 Å². The van der Waals surface area contributed by atoms with E-state index < -0.39 is 10.0 Å². The maximum Gasteiger partial charge on any atom is 0.264 e. The van der Waals surface area contributed by atoms with Crippen LogP contribution >= 0.6 is 0 Å². The van der Waals surface area contributed by atoms with Gasteiger partial charge in [-0.25, -0.2) is 8.42 Å². The third-order valence-electron chi connectivity index (χ3n) is 6.21. The highest BCUT2D eigenvalue weighted by Gasteiger charge is 2.24. The van der Waals surface area contributed by atoms with Crippen LogP contribution in [-0.4, -0.2) is 15.0 Å². The molecule has 2 aromatic rings. The number of unbranched alkanes of at least 4 members (excludes halogenated alkanes) is 13. The fourth-order valence-electron chi connectivity index (χ4n) is 4.23. The zero-order valence-corrected chi connectivity index (χ0v) is 21.4. The number of anilines is 2. The van der Waals surface area contributed by atoms with Gasteiger partial charge in [-0.05, 0) is 36.8 Å². The van der Waals surface area contributed by atoms with Crippen molar-refractivity contribution < 1.29 is 8.42 Å². The van der Waals surface area contributed by atoms with Gasteiger partial charge >= 0.3 is 0 Å². The van der Waals surface area contributed by atoms with Gasteiger partial charge in [0.05, 0.1) is 10.6 Å². The Kier molecular flexibility index (Phi) is 13.0. The molecule has 184 valence electrons. The van der Waals surface area contributed by atoms with E-state index in [1.54, 1.807) is 18.2 Å². The molecule has 0 bridgehead atoms. The van der Waals surface area contributed by atoms with Crippen molar-refractivity contribution in [3.8, 4) is 0 Å². The first-order chi connectivity index (χ1) is 16.1. The lowest BCUT2D eigenvalue weighted by Crippen LogP contribution is -2.32. The van der Waals surface area contributed by atoms with Crippen LogP contribution in [0.4, 0.5) is 11.4 Å². The molecule has 0 radical (unpaired) electrons. The van der Waals surface area contributed by atoms with E-state index in [2.05, 4.69) is 6.92 Å². The Morgan fingerprint density at radius 2 is 1.18 bits per heavy atom. The summed E-state index contributed by atoms with van der Waals surface area (Å²) in [7, 11) is -3.64. The van der Waals surface area contributed by atoms with Gasteiger partial charge in [-0.15, -0.1) is 0 Å². The van der Waals surface area contributed by atoms with Crippen LogP contribution in [0.15, 0.2) is 59.5 Å². The van der Waals surface area contributed by atoms with Crippen LogP contribution in [0.1, 0.15) is 96.8 Å². The second-order valence-corrected chi connectivity index (χ2v) is 10.9. The van der Waals surface area contributed by atoms with E-state index >= 15 is 0 Å². The van der Waals surface area contributed by atoms with E-state index in [1.165, 1.54) is 81.0 Å². The Hall–Kier alpha value is -2.01. The lowest BCUT2D eigenvalue weighted by molar-refractivity contribution is 0.535. The number of hydrogen-bond donors (Lipinski definition) is 1. The predicted octanol–water partition coefficient (Wildman–Crippen LogP) is 7.95. The van der Waals surface area contributed by atoms with Crippen molar-refractivity contribution in [2.24, 2.45) is 0 Å². The molecule has 0 saturated heterocycles. The monoisotopic (exact) mass is 472 g/mol. The second kappa shape index (κ2) is 15.8. The Bertz CT molecular complexity index is 868. The van der Waals surface area contributed by atoms with Crippen LogP contribution in [0.2, 0.25) is 0 Å². The number of nitrogens with two attached hydrogens (primary N) is 1. The summed E-state index contributed by atoms with van der Waals surface area (Å²) in [6.45, 7) is 2.75. The molecule has 0 aliphatic carbocycles.